The summed E-state index contributed by atoms with van der Waals surface area (Å²) >= 11 is 0. The van der Waals surface area contributed by atoms with Crippen molar-refractivity contribution >= 4 is 23.5 Å². The van der Waals surface area contributed by atoms with E-state index in [0.717, 1.165) is 0 Å². The molecule has 1 aliphatic rings. The van der Waals surface area contributed by atoms with Crippen molar-refractivity contribution in [3.05, 3.63) is 41.8 Å². The maximum atomic E-state index is 13.2. The molecule has 10 heteroatoms. The van der Waals surface area contributed by atoms with Crippen LogP contribution in [0.4, 0.5) is 20.7 Å². The standard InChI is InChI=1S/C21H25FN6O3/c1-21(2,3)31-20(30)27-9-8-17(13(10-23)11-27)28-12-16(18(24)29)19(26-28)25-15-6-4-14(22)5-7-15/h4-7,12-13,17H,8-9,11H2,1-3H3,(H2,24,29)(H,25,26)/t13-,17?/m1/s1. The van der Waals surface area contributed by atoms with Gasteiger partial charge < -0.3 is 20.7 Å². The zero-order valence-corrected chi connectivity index (χ0v) is 17.6. The molecule has 2 aromatic rings. The van der Waals surface area contributed by atoms with Crippen LogP contribution in [0.5, 0.6) is 0 Å². The molecule has 0 saturated carbocycles. The Bertz CT molecular complexity index is 1010. The van der Waals surface area contributed by atoms with E-state index in [9.17, 15) is 19.2 Å². The second kappa shape index (κ2) is 8.63. The molecule has 1 saturated heterocycles. The number of hydrogen-bond acceptors (Lipinski definition) is 6. The largest absolute Gasteiger partial charge is 0.444 e. The molecule has 2 atom stereocenters. The number of rotatable bonds is 4. The van der Waals surface area contributed by atoms with Crippen LogP contribution < -0.4 is 11.1 Å². The molecule has 3 N–H and O–H groups in total. The highest BCUT2D eigenvalue weighted by Crippen LogP contribution is 2.31. The molecule has 1 aromatic heterocycles. The molecule has 9 nitrogen and oxygen atoms in total. The molecule has 0 aliphatic carbocycles. The lowest BCUT2D eigenvalue weighted by atomic mass is 9.94. The Balaban J connectivity index is 1.80. The maximum Gasteiger partial charge on any atom is 0.410 e. The highest BCUT2D eigenvalue weighted by atomic mass is 19.1. The summed E-state index contributed by atoms with van der Waals surface area (Å²) in [5, 5.41) is 17.1. The number of carbonyl (C=O) groups is 2. The van der Waals surface area contributed by atoms with Gasteiger partial charge in [0.2, 0.25) is 0 Å². The van der Waals surface area contributed by atoms with Gasteiger partial charge in [0.25, 0.3) is 5.91 Å². The van der Waals surface area contributed by atoms with Crippen molar-refractivity contribution in [3.8, 4) is 6.07 Å². The van der Waals surface area contributed by atoms with Gasteiger partial charge in [0.1, 0.15) is 17.0 Å². The monoisotopic (exact) mass is 428 g/mol. The van der Waals surface area contributed by atoms with E-state index >= 15 is 0 Å². The Kier molecular flexibility index (Phi) is 6.15. The molecule has 1 aliphatic heterocycles. The van der Waals surface area contributed by atoms with E-state index in [1.807, 2.05) is 0 Å². The number of ether oxygens (including phenoxy) is 1. The highest BCUT2D eigenvalue weighted by Gasteiger charge is 2.35. The minimum atomic E-state index is -0.685. The SMILES string of the molecule is CC(C)(C)OC(=O)N1CCC(n2cc(C(N)=O)c(Nc3ccc(F)cc3)n2)[C@H](C#N)C1. The predicted molar refractivity (Wildman–Crippen MR) is 111 cm³/mol. The number of likely N-dealkylation sites (tertiary alicyclic amines) is 1. The summed E-state index contributed by atoms with van der Waals surface area (Å²) in [6, 6.07) is 7.45. The second-order valence-electron chi connectivity index (χ2n) is 8.39. The molecule has 0 radical (unpaired) electrons. The Morgan fingerprint density at radius 3 is 2.58 bits per heavy atom. The fourth-order valence-electron chi connectivity index (χ4n) is 3.38. The average molecular weight is 428 g/mol. The van der Waals surface area contributed by atoms with Crippen LogP contribution in [0.2, 0.25) is 0 Å². The summed E-state index contributed by atoms with van der Waals surface area (Å²) in [7, 11) is 0. The molecule has 31 heavy (non-hydrogen) atoms. The summed E-state index contributed by atoms with van der Waals surface area (Å²) in [6.45, 7) is 5.91. The van der Waals surface area contributed by atoms with E-state index in [4.69, 9.17) is 10.5 Å². The molecular formula is C21H25FN6O3. The van der Waals surface area contributed by atoms with E-state index in [1.165, 1.54) is 40.0 Å². The summed E-state index contributed by atoms with van der Waals surface area (Å²) < 4.78 is 20.1. The van der Waals surface area contributed by atoms with Crippen LogP contribution in [0.1, 0.15) is 43.6 Å². The molecule has 1 aromatic carbocycles. The van der Waals surface area contributed by atoms with Gasteiger partial charge in [-0.3, -0.25) is 9.48 Å². The number of primary amides is 1. The predicted octanol–water partition coefficient (Wildman–Crippen LogP) is 3.19. The first kappa shape index (κ1) is 22.1. The van der Waals surface area contributed by atoms with E-state index in [1.54, 1.807) is 20.8 Å². The molecule has 3 rings (SSSR count). The molecular weight excluding hydrogens is 403 g/mol. The number of benzene rings is 1. The summed E-state index contributed by atoms with van der Waals surface area (Å²) in [5.41, 5.74) is 5.55. The van der Waals surface area contributed by atoms with Crippen molar-refractivity contribution in [2.75, 3.05) is 18.4 Å². The highest BCUT2D eigenvalue weighted by molar-refractivity contribution is 5.98. The quantitative estimate of drug-likeness (QED) is 0.770. The Hall–Kier alpha value is -3.61. The van der Waals surface area contributed by atoms with Crippen LogP contribution in [0.15, 0.2) is 30.5 Å². The number of carbonyl (C=O) groups excluding carboxylic acids is 2. The lowest BCUT2D eigenvalue weighted by Crippen LogP contribution is -2.46. The summed E-state index contributed by atoms with van der Waals surface area (Å²) in [6.07, 6.45) is 1.47. The average Bonchev–Trinajstić information content (AvgIpc) is 3.12. The first-order chi connectivity index (χ1) is 14.6. The lowest BCUT2D eigenvalue weighted by molar-refractivity contribution is 0.0143. The van der Waals surface area contributed by atoms with Gasteiger partial charge in [0.15, 0.2) is 5.82 Å². The third-order valence-electron chi connectivity index (χ3n) is 4.84. The van der Waals surface area contributed by atoms with Crippen LogP contribution in [-0.4, -0.2) is 45.4 Å². The molecule has 1 unspecified atom stereocenters. The zero-order valence-electron chi connectivity index (χ0n) is 17.6. The van der Waals surface area contributed by atoms with Crippen LogP contribution in [0.25, 0.3) is 0 Å². The molecule has 1 fully saturated rings. The van der Waals surface area contributed by atoms with Crippen LogP contribution >= 0.6 is 0 Å². The zero-order chi connectivity index (χ0) is 22.8. The number of piperidine rings is 1. The van der Waals surface area contributed by atoms with Crippen molar-refractivity contribution in [2.45, 2.75) is 38.8 Å². The van der Waals surface area contributed by atoms with Crippen LogP contribution in [0, 0.1) is 23.1 Å². The fourth-order valence-corrected chi connectivity index (χ4v) is 3.38. The van der Waals surface area contributed by atoms with Gasteiger partial charge >= 0.3 is 6.09 Å². The van der Waals surface area contributed by atoms with Gasteiger partial charge in [-0.05, 0) is 51.5 Å². The van der Waals surface area contributed by atoms with Gasteiger partial charge in [0.05, 0.1) is 18.0 Å². The van der Waals surface area contributed by atoms with Crippen molar-refractivity contribution < 1.29 is 18.7 Å². The fraction of sp³-hybridized carbons (Fsp3) is 0.429. The molecule has 2 amide bonds. The second-order valence-corrected chi connectivity index (χ2v) is 8.39. The van der Waals surface area contributed by atoms with Gasteiger partial charge in [-0.2, -0.15) is 10.4 Å². The normalized spacial score (nSPS) is 18.9. The number of nitriles is 1. The van der Waals surface area contributed by atoms with Gasteiger partial charge in [-0.25, -0.2) is 9.18 Å². The summed E-state index contributed by atoms with van der Waals surface area (Å²) in [4.78, 5) is 25.8. The Labute approximate surface area is 179 Å². The first-order valence-corrected chi connectivity index (χ1v) is 9.86. The molecule has 0 spiro atoms. The third kappa shape index (κ3) is 5.31. The number of nitrogens with zero attached hydrogens (tertiary/aromatic N) is 4. The van der Waals surface area contributed by atoms with Crippen LogP contribution in [0.3, 0.4) is 0 Å². The number of aromatic nitrogens is 2. The third-order valence-corrected chi connectivity index (χ3v) is 4.84. The minimum Gasteiger partial charge on any atom is -0.444 e. The van der Waals surface area contributed by atoms with E-state index in [-0.39, 0.29) is 29.8 Å². The number of nitrogens with two attached hydrogens (primary N) is 1. The lowest BCUT2D eigenvalue weighted by Gasteiger charge is -2.36. The number of anilines is 2. The molecule has 0 bridgehead atoms. The number of halogens is 1. The Morgan fingerprint density at radius 2 is 2.00 bits per heavy atom. The van der Waals surface area contributed by atoms with Gasteiger partial charge in [-0.1, -0.05) is 0 Å². The molecule has 164 valence electrons. The number of amides is 2. The Morgan fingerprint density at radius 1 is 1.32 bits per heavy atom. The van der Waals surface area contributed by atoms with Gasteiger partial charge in [0, 0.05) is 25.0 Å². The van der Waals surface area contributed by atoms with Crippen molar-refractivity contribution in [2.24, 2.45) is 11.7 Å². The molecule has 2 heterocycles. The number of hydrogen-bond donors (Lipinski definition) is 2. The van der Waals surface area contributed by atoms with E-state index < -0.39 is 23.5 Å². The van der Waals surface area contributed by atoms with Crippen molar-refractivity contribution in [1.82, 2.24) is 14.7 Å². The maximum absolute atomic E-state index is 13.2. The minimum absolute atomic E-state index is 0.149. The topological polar surface area (TPSA) is 126 Å². The van der Waals surface area contributed by atoms with E-state index in [0.29, 0.717) is 18.7 Å². The first-order valence-electron chi connectivity index (χ1n) is 9.86. The summed E-state index contributed by atoms with van der Waals surface area (Å²) in [5.74, 6) is -1.42. The van der Waals surface area contributed by atoms with Crippen LogP contribution in [-0.2, 0) is 4.74 Å². The smallest absolute Gasteiger partial charge is 0.410 e. The number of nitrogens with one attached hydrogen (secondary N) is 1. The van der Waals surface area contributed by atoms with Crippen molar-refractivity contribution in [3.63, 3.8) is 0 Å². The van der Waals surface area contributed by atoms with Gasteiger partial charge in [-0.15, -0.1) is 0 Å². The van der Waals surface area contributed by atoms with Crippen molar-refractivity contribution in [1.29, 1.82) is 5.26 Å². The van der Waals surface area contributed by atoms with E-state index in [2.05, 4.69) is 16.5 Å².